The van der Waals surface area contributed by atoms with Crippen LogP contribution in [0.4, 0.5) is 5.69 Å². The van der Waals surface area contributed by atoms with Crippen molar-refractivity contribution in [2.75, 3.05) is 18.4 Å². The van der Waals surface area contributed by atoms with Crippen molar-refractivity contribution in [2.24, 2.45) is 5.92 Å². The number of imide groups is 1. The highest BCUT2D eigenvalue weighted by Gasteiger charge is 2.36. The molecule has 4 rings (SSSR count). The maximum absolute atomic E-state index is 12.5. The Balaban J connectivity index is 1.44. The fourth-order valence-electron chi connectivity index (χ4n) is 3.91. The van der Waals surface area contributed by atoms with Gasteiger partial charge >= 0.3 is 0 Å². The third-order valence-electron chi connectivity index (χ3n) is 5.49. The van der Waals surface area contributed by atoms with E-state index in [1.165, 1.54) is 0 Å². The summed E-state index contributed by atoms with van der Waals surface area (Å²) in [7, 11) is 0. The van der Waals surface area contributed by atoms with E-state index >= 15 is 0 Å². The maximum Gasteiger partial charge on any atom is 0.262 e. The van der Waals surface area contributed by atoms with Crippen molar-refractivity contribution in [2.45, 2.75) is 26.8 Å². The Kier molecular flexibility index (Phi) is 5.11. The number of hydrogen-bond donors (Lipinski definition) is 1. The molecular weight excluding hydrogens is 382 g/mol. The minimum atomic E-state index is -0.459. The summed E-state index contributed by atoms with van der Waals surface area (Å²) in [6.07, 6.45) is 0.775. The number of amides is 4. The van der Waals surface area contributed by atoms with Crippen molar-refractivity contribution in [1.82, 2.24) is 9.80 Å². The van der Waals surface area contributed by atoms with Gasteiger partial charge in [-0.3, -0.25) is 24.1 Å². The molecule has 0 saturated heterocycles. The Bertz CT molecular complexity index is 1030. The summed E-state index contributed by atoms with van der Waals surface area (Å²) in [4.78, 5) is 52.5. The molecule has 2 aliphatic heterocycles. The van der Waals surface area contributed by atoms with E-state index in [-0.39, 0.29) is 18.4 Å². The summed E-state index contributed by atoms with van der Waals surface area (Å²) in [5, 5.41) is 2.77. The van der Waals surface area contributed by atoms with Gasteiger partial charge in [-0.2, -0.15) is 0 Å². The molecule has 1 N–H and O–H groups in total. The molecule has 0 aliphatic carbocycles. The fourth-order valence-corrected chi connectivity index (χ4v) is 3.91. The number of carbonyl (C=O) groups excluding carboxylic acids is 4. The van der Waals surface area contributed by atoms with E-state index in [0.29, 0.717) is 29.9 Å². The highest BCUT2D eigenvalue weighted by Crippen LogP contribution is 2.25. The van der Waals surface area contributed by atoms with Crippen molar-refractivity contribution in [1.29, 1.82) is 0 Å². The lowest BCUT2D eigenvalue weighted by molar-refractivity contribution is -0.135. The van der Waals surface area contributed by atoms with Crippen LogP contribution in [0.1, 0.15) is 45.7 Å². The molecule has 154 valence electrons. The van der Waals surface area contributed by atoms with E-state index in [1.807, 2.05) is 30.9 Å². The van der Waals surface area contributed by atoms with E-state index in [2.05, 4.69) is 5.32 Å². The third-order valence-corrected chi connectivity index (χ3v) is 5.49. The molecule has 2 aliphatic rings. The lowest BCUT2D eigenvalue weighted by Crippen LogP contribution is -2.38. The summed E-state index contributed by atoms with van der Waals surface area (Å²) in [6, 6.07) is 12.2. The van der Waals surface area contributed by atoms with Crippen LogP contribution in [0.5, 0.6) is 0 Å². The van der Waals surface area contributed by atoms with Gasteiger partial charge in [0.1, 0.15) is 6.54 Å². The molecule has 2 aromatic carbocycles. The van der Waals surface area contributed by atoms with Crippen LogP contribution in [-0.2, 0) is 22.6 Å². The van der Waals surface area contributed by atoms with E-state index in [9.17, 15) is 19.2 Å². The van der Waals surface area contributed by atoms with Gasteiger partial charge in [0.2, 0.25) is 11.8 Å². The standard InChI is InChI=1S/C23H23N3O4/c1-14(2)21(28)25-10-9-15-7-8-17(11-16(15)12-25)24-20(27)13-26-22(29)18-5-3-4-6-19(18)23(26)30/h3-8,11,14H,9-10,12-13H2,1-2H3,(H,24,27). The minimum absolute atomic E-state index is 0.0610. The van der Waals surface area contributed by atoms with E-state index in [0.717, 1.165) is 22.4 Å². The molecule has 7 nitrogen and oxygen atoms in total. The lowest BCUT2D eigenvalue weighted by atomic mass is 9.98. The van der Waals surface area contributed by atoms with Gasteiger partial charge in [-0.25, -0.2) is 0 Å². The second-order valence-corrected chi connectivity index (χ2v) is 7.94. The Labute approximate surface area is 174 Å². The largest absolute Gasteiger partial charge is 0.338 e. The molecule has 0 aromatic heterocycles. The van der Waals surface area contributed by atoms with Crippen LogP contribution in [0.3, 0.4) is 0 Å². The molecule has 0 saturated carbocycles. The van der Waals surface area contributed by atoms with Crippen LogP contribution in [0.25, 0.3) is 0 Å². The Morgan fingerprint density at radius 3 is 2.30 bits per heavy atom. The highest BCUT2D eigenvalue weighted by atomic mass is 16.2. The average molecular weight is 405 g/mol. The van der Waals surface area contributed by atoms with Gasteiger partial charge in [-0.1, -0.05) is 32.0 Å². The first kappa shape index (κ1) is 19.8. The number of benzene rings is 2. The number of fused-ring (bicyclic) bond motifs is 2. The van der Waals surface area contributed by atoms with Crippen molar-refractivity contribution in [3.63, 3.8) is 0 Å². The summed E-state index contributed by atoms with van der Waals surface area (Å²) in [5.41, 5.74) is 3.36. The number of rotatable bonds is 4. The number of nitrogens with zero attached hydrogens (tertiary/aromatic N) is 2. The maximum atomic E-state index is 12.5. The van der Waals surface area contributed by atoms with E-state index in [4.69, 9.17) is 0 Å². The van der Waals surface area contributed by atoms with Gasteiger partial charge in [0.25, 0.3) is 11.8 Å². The van der Waals surface area contributed by atoms with Crippen LogP contribution < -0.4 is 5.32 Å². The number of nitrogens with one attached hydrogen (secondary N) is 1. The molecule has 0 atom stereocenters. The molecule has 0 fully saturated rings. The third kappa shape index (κ3) is 3.58. The first-order chi connectivity index (χ1) is 14.3. The molecule has 0 spiro atoms. The fraction of sp³-hybridized carbons (Fsp3) is 0.304. The Hall–Kier alpha value is -3.48. The predicted octanol–water partition coefficient (Wildman–Crippen LogP) is 2.46. The number of anilines is 1. The lowest BCUT2D eigenvalue weighted by Gasteiger charge is -2.30. The summed E-state index contributed by atoms with van der Waals surface area (Å²) >= 11 is 0. The molecule has 2 aromatic rings. The quantitative estimate of drug-likeness (QED) is 0.792. The Morgan fingerprint density at radius 1 is 1.00 bits per heavy atom. The molecule has 4 amide bonds. The van der Waals surface area contributed by atoms with Crippen molar-refractivity contribution in [3.8, 4) is 0 Å². The van der Waals surface area contributed by atoms with E-state index < -0.39 is 17.7 Å². The van der Waals surface area contributed by atoms with Crippen molar-refractivity contribution < 1.29 is 19.2 Å². The van der Waals surface area contributed by atoms with Crippen LogP contribution in [0.2, 0.25) is 0 Å². The zero-order valence-corrected chi connectivity index (χ0v) is 17.0. The zero-order valence-electron chi connectivity index (χ0n) is 17.0. The smallest absolute Gasteiger partial charge is 0.262 e. The SMILES string of the molecule is CC(C)C(=O)N1CCc2ccc(NC(=O)CN3C(=O)c4ccccc4C3=O)cc2C1. The van der Waals surface area contributed by atoms with Crippen molar-refractivity contribution >= 4 is 29.3 Å². The summed E-state index contributed by atoms with van der Waals surface area (Å²) < 4.78 is 0. The normalized spacial score (nSPS) is 15.3. The highest BCUT2D eigenvalue weighted by molar-refractivity contribution is 6.22. The van der Waals surface area contributed by atoms with Crippen LogP contribution in [0, 0.1) is 5.92 Å². The average Bonchev–Trinajstić information content (AvgIpc) is 2.97. The first-order valence-corrected chi connectivity index (χ1v) is 10.0. The predicted molar refractivity (Wildman–Crippen MR) is 111 cm³/mol. The van der Waals surface area contributed by atoms with Crippen LogP contribution in [-0.4, -0.2) is 46.5 Å². The second-order valence-electron chi connectivity index (χ2n) is 7.94. The van der Waals surface area contributed by atoms with Gasteiger partial charge in [-0.15, -0.1) is 0 Å². The van der Waals surface area contributed by atoms with E-state index in [1.54, 1.807) is 30.3 Å². The van der Waals surface area contributed by atoms with Crippen LogP contribution >= 0.6 is 0 Å². The molecule has 2 heterocycles. The number of hydrogen-bond acceptors (Lipinski definition) is 4. The number of carbonyl (C=O) groups is 4. The second kappa shape index (κ2) is 7.74. The monoisotopic (exact) mass is 405 g/mol. The van der Waals surface area contributed by atoms with Gasteiger partial charge in [-0.05, 0) is 41.8 Å². The van der Waals surface area contributed by atoms with Crippen LogP contribution in [0.15, 0.2) is 42.5 Å². The van der Waals surface area contributed by atoms with Crippen molar-refractivity contribution in [3.05, 3.63) is 64.7 Å². The zero-order chi connectivity index (χ0) is 21.4. The van der Waals surface area contributed by atoms with Gasteiger partial charge in [0, 0.05) is 24.7 Å². The molecule has 0 radical (unpaired) electrons. The summed E-state index contributed by atoms with van der Waals surface area (Å²) in [6.45, 7) is 4.62. The molecule has 30 heavy (non-hydrogen) atoms. The topological polar surface area (TPSA) is 86.8 Å². The molecule has 7 heteroatoms. The molecule has 0 unspecified atom stereocenters. The molecule has 0 bridgehead atoms. The molecular formula is C23H23N3O4. The van der Waals surface area contributed by atoms with Gasteiger partial charge in [0.05, 0.1) is 11.1 Å². The van der Waals surface area contributed by atoms with Gasteiger partial charge in [0.15, 0.2) is 0 Å². The minimum Gasteiger partial charge on any atom is -0.338 e. The first-order valence-electron chi connectivity index (χ1n) is 10.0. The summed E-state index contributed by atoms with van der Waals surface area (Å²) in [5.74, 6) is -1.32. The Morgan fingerprint density at radius 2 is 1.67 bits per heavy atom. The van der Waals surface area contributed by atoms with Gasteiger partial charge < -0.3 is 10.2 Å².